The number of nitrogens with one attached hydrogen (secondary N) is 2. The number of sulfonamides is 1. The maximum atomic E-state index is 12.0. The maximum absolute atomic E-state index is 12.0. The predicted octanol–water partition coefficient (Wildman–Crippen LogP) is 0.251. The third-order valence-corrected chi connectivity index (χ3v) is 4.95. The van der Waals surface area contributed by atoms with Crippen LogP contribution in [-0.2, 0) is 14.8 Å². The normalized spacial score (nSPS) is 18.3. The van der Waals surface area contributed by atoms with Crippen LogP contribution < -0.4 is 4.72 Å². The highest BCUT2D eigenvalue weighted by Crippen LogP contribution is 2.40. The van der Waals surface area contributed by atoms with Crippen molar-refractivity contribution >= 4 is 16.0 Å². The van der Waals surface area contributed by atoms with Crippen LogP contribution >= 0.6 is 0 Å². The second-order valence-electron chi connectivity index (χ2n) is 4.62. The Morgan fingerprint density at radius 2 is 2.28 bits per heavy atom. The molecule has 3 N–H and O–H groups in total. The number of hydrogen-bond donors (Lipinski definition) is 3. The van der Waals surface area contributed by atoms with Crippen molar-refractivity contribution in [3.05, 3.63) is 11.9 Å². The molecular formula is C10H15N3O4S. The third kappa shape index (κ3) is 2.13. The van der Waals surface area contributed by atoms with Crippen molar-refractivity contribution in [3.8, 4) is 0 Å². The van der Waals surface area contributed by atoms with E-state index < -0.39 is 21.4 Å². The van der Waals surface area contributed by atoms with Crippen LogP contribution in [0.3, 0.4) is 0 Å². The molecule has 2 rings (SSSR count). The Labute approximate surface area is 105 Å². The standard InChI is InChI=1S/C10H15N3O4S/c1-7-8(5-11-13-7)18(16,17)12-6-10(9(14)15)3-2-4-10/h5,12H,2-4,6H2,1H3,(H,11,13)(H,14,15). The fourth-order valence-electron chi connectivity index (χ4n) is 1.99. The van der Waals surface area contributed by atoms with E-state index in [1.54, 1.807) is 6.92 Å². The second kappa shape index (κ2) is 4.36. The van der Waals surface area contributed by atoms with Crippen LogP contribution in [0.4, 0.5) is 0 Å². The lowest BCUT2D eigenvalue weighted by molar-refractivity contribution is -0.153. The molecule has 1 fully saturated rings. The highest BCUT2D eigenvalue weighted by atomic mass is 32.2. The Balaban J connectivity index is 2.11. The van der Waals surface area contributed by atoms with Gasteiger partial charge in [0.25, 0.3) is 0 Å². The van der Waals surface area contributed by atoms with Gasteiger partial charge in [0.2, 0.25) is 10.0 Å². The largest absolute Gasteiger partial charge is 0.481 e. The first-order chi connectivity index (χ1) is 8.37. The number of nitrogens with zero attached hydrogens (tertiary/aromatic N) is 1. The van der Waals surface area contributed by atoms with E-state index in [1.165, 1.54) is 6.20 Å². The number of H-pyrrole nitrogens is 1. The maximum Gasteiger partial charge on any atom is 0.310 e. The summed E-state index contributed by atoms with van der Waals surface area (Å²) in [6.07, 6.45) is 3.05. The summed E-state index contributed by atoms with van der Waals surface area (Å²) in [5, 5.41) is 15.3. The lowest BCUT2D eigenvalue weighted by Crippen LogP contribution is -2.47. The van der Waals surface area contributed by atoms with E-state index in [0.29, 0.717) is 18.5 Å². The summed E-state index contributed by atoms with van der Waals surface area (Å²) in [5.41, 5.74) is -0.509. The van der Waals surface area contributed by atoms with Crippen molar-refractivity contribution < 1.29 is 18.3 Å². The van der Waals surface area contributed by atoms with E-state index in [9.17, 15) is 13.2 Å². The smallest absolute Gasteiger partial charge is 0.310 e. The summed E-state index contributed by atoms with van der Waals surface area (Å²) in [4.78, 5) is 11.2. The molecule has 7 nitrogen and oxygen atoms in total. The summed E-state index contributed by atoms with van der Waals surface area (Å²) in [6, 6.07) is 0. The molecule has 0 bridgehead atoms. The van der Waals surface area contributed by atoms with Crippen LogP contribution in [0.5, 0.6) is 0 Å². The molecule has 0 amide bonds. The quantitative estimate of drug-likeness (QED) is 0.712. The molecule has 0 saturated heterocycles. The minimum Gasteiger partial charge on any atom is -0.481 e. The van der Waals surface area contributed by atoms with Gasteiger partial charge in [-0.05, 0) is 19.8 Å². The zero-order valence-corrected chi connectivity index (χ0v) is 10.7. The Morgan fingerprint density at radius 1 is 1.61 bits per heavy atom. The van der Waals surface area contributed by atoms with E-state index >= 15 is 0 Å². The van der Waals surface area contributed by atoms with Gasteiger partial charge in [0.1, 0.15) is 4.90 Å². The number of aryl methyl sites for hydroxylation is 1. The number of hydrogen-bond acceptors (Lipinski definition) is 4. The van der Waals surface area contributed by atoms with Gasteiger partial charge in [-0.3, -0.25) is 9.89 Å². The van der Waals surface area contributed by atoms with E-state index in [4.69, 9.17) is 5.11 Å². The van der Waals surface area contributed by atoms with Crippen LogP contribution in [-0.4, -0.2) is 36.2 Å². The molecule has 1 aromatic rings. The first-order valence-electron chi connectivity index (χ1n) is 5.60. The van der Waals surface area contributed by atoms with Crippen molar-refractivity contribution in [1.29, 1.82) is 0 Å². The zero-order valence-electron chi connectivity index (χ0n) is 9.93. The lowest BCUT2D eigenvalue weighted by Gasteiger charge is -2.37. The molecule has 1 heterocycles. The Bertz CT molecular complexity index is 559. The minimum absolute atomic E-state index is 0.0577. The van der Waals surface area contributed by atoms with Gasteiger partial charge in [0.15, 0.2) is 0 Å². The average molecular weight is 273 g/mol. The first-order valence-corrected chi connectivity index (χ1v) is 7.09. The van der Waals surface area contributed by atoms with Gasteiger partial charge in [-0.2, -0.15) is 5.10 Å². The Hall–Kier alpha value is -1.41. The van der Waals surface area contributed by atoms with E-state index in [1.807, 2.05) is 0 Å². The van der Waals surface area contributed by atoms with Crippen LogP contribution in [0.15, 0.2) is 11.1 Å². The Kier molecular flexibility index (Phi) is 3.16. The molecule has 18 heavy (non-hydrogen) atoms. The summed E-state index contributed by atoms with van der Waals surface area (Å²) in [6.45, 7) is 1.52. The highest BCUT2D eigenvalue weighted by Gasteiger charge is 2.45. The van der Waals surface area contributed by atoms with Gasteiger partial charge >= 0.3 is 5.97 Å². The number of rotatable bonds is 5. The molecule has 8 heteroatoms. The van der Waals surface area contributed by atoms with Gasteiger partial charge in [-0.25, -0.2) is 13.1 Å². The van der Waals surface area contributed by atoms with Crippen LogP contribution in [0.1, 0.15) is 25.0 Å². The van der Waals surface area contributed by atoms with Gasteiger partial charge in [0.05, 0.1) is 17.3 Å². The monoisotopic (exact) mass is 273 g/mol. The third-order valence-electron chi connectivity index (χ3n) is 3.44. The SMILES string of the molecule is Cc1[nH]ncc1S(=O)(=O)NCC1(C(=O)O)CCC1. The lowest BCUT2D eigenvalue weighted by atomic mass is 9.69. The van der Waals surface area contributed by atoms with Gasteiger partial charge in [-0.1, -0.05) is 6.42 Å². The van der Waals surface area contributed by atoms with Gasteiger partial charge in [-0.15, -0.1) is 0 Å². The van der Waals surface area contributed by atoms with E-state index in [-0.39, 0.29) is 11.4 Å². The predicted molar refractivity (Wildman–Crippen MR) is 62.4 cm³/mol. The van der Waals surface area contributed by atoms with E-state index in [0.717, 1.165) is 6.42 Å². The summed E-state index contributed by atoms with van der Waals surface area (Å²) in [5.74, 6) is -0.944. The molecule has 1 aliphatic rings. The number of carbonyl (C=O) groups is 1. The van der Waals surface area contributed by atoms with Crippen molar-refractivity contribution in [2.24, 2.45) is 5.41 Å². The van der Waals surface area contributed by atoms with E-state index in [2.05, 4.69) is 14.9 Å². The van der Waals surface area contributed by atoms with Gasteiger partial charge < -0.3 is 5.11 Å². The number of aromatic amines is 1. The Morgan fingerprint density at radius 3 is 2.67 bits per heavy atom. The molecule has 0 aromatic carbocycles. The molecule has 1 saturated carbocycles. The number of carboxylic acid groups (broad SMARTS) is 1. The van der Waals surface area contributed by atoms with Crippen LogP contribution in [0.25, 0.3) is 0 Å². The summed E-state index contributed by atoms with van der Waals surface area (Å²) >= 11 is 0. The molecule has 0 unspecified atom stereocenters. The molecular weight excluding hydrogens is 258 g/mol. The fourth-order valence-corrected chi connectivity index (χ4v) is 3.25. The van der Waals surface area contributed by atoms with Crippen LogP contribution in [0, 0.1) is 12.3 Å². The number of aromatic nitrogens is 2. The van der Waals surface area contributed by atoms with Crippen molar-refractivity contribution in [2.75, 3.05) is 6.54 Å². The molecule has 1 aliphatic carbocycles. The topological polar surface area (TPSA) is 112 Å². The zero-order chi connectivity index (χ0) is 13.4. The molecule has 0 aliphatic heterocycles. The molecule has 0 radical (unpaired) electrons. The fraction of sp³-hybridized carbons (Fsp3) is 0.600. The average Bonchev–Trinajstić information content (AvgIpc) is 2.62. The first kappa shape index (κ1) is 13.0. The summed E-state index contributed by atoms with van der Waals surface area (Å²) in [7, 11) is -3.70. The second-order valence-corrected chi connectivity index (χ2v) is 6.36. The number of carboxylic acids is 1. The molecule has 0 spiro atoms. The molecule has 0 atom stereocenters. The van der Waals surface area contributed by atoms with Crippen molar-refractivity contribution in [2.45, 2.75) is 31.1 Å². The van der Waals surface area contributed by atoms with Gasteiger partial charge in [0, 0.05) is 6.54 Å². The minimum atomic E-state index is -3.70. The summed E-state index contributed by atoms with van der Waals surface area (Å²) < 4.78 is 26.3. The number of aliphatic carboxylic acids is 1. The van der Waals surface area contributed by atoms with Crippen LogP contribution in [0.2, 0.25) is 0 Å². The molecule has 1 aromatic heterocycles. The molecule has 100 valence electrons. The van der Waals surface area contributed by atoms with Crippen molar-refractivity contribution in [3.63, 3.8) is 0 Å². The van der Waals surface area contributed by atoms with Crippen molar-refractivity contribution in [1.82, 2.24) is 14.9 Å². The highest BCUT2D eigenvalue weighted by molar-refractivity contribution is 7.89.